The Kier molecular flexibility index (Phi) is 3.32. The molecule has 1 fully saturated rings. The molecule has 1 aliphatic rings. The maximum Gasteiger partial charge on any atom is 0.133 e. The minimum Gasteiger partial charge on any atom is -0.496 e. The highest BCUT2D eigenvalue weighted by atomic mass is 79.9. The summed E-state index contributed by atoms with van der Waals surface area (Å²) in [5.41, 5.74) is 0.979. The van der Waals surface area contributed by atoms with E-state index < -0.39 is 0 Å². The third-order valence-corrected chi connectivity index (χ3v) is 3.73. The standard InChI is InChI=1S/C12H15BrO2/c1-15-11-6-5-9(7-10(11)13)12(14)8-3-2-4-8/h5-8,12,14H,2-4H2,1H3. The molecule has 3 heteroatoms. The van der Waals surface area contributed by atoms with Gasteiger partial charge in [-0.15, -0.1) is 0 Å². The van der Waals surface area contributed by atoms with E-state index in [-0.39, 0.29) is 6.10 Å². The molecule has 0 radical (unpaired) electrons. The highest BCUT2D eigenvalue weighted by molar-refractivity contribution is 9.10. The maximum atomic E-state index is 10.1. The average molecular weight is 271 g/mol. The van der Waals surface area contributed by atoms with Crippen molar-refractivity contribution in [1.82, 2.24) is 0 Å². The lowest BCUT2D eigenvalue weighted by atomic mass is 9.79. The molecule has 1 atom stereocenters. The highest BCUT2D eigenvalue weighted by Gasteiger charge is 2.26. The Balaban J connectivity index is 2.17. The predicted octanol–water partition coefficient (Wildman–Crippen LogP) is 3.29. The van der Waals surface area contributed by atoms with Gasteiger partial charge in [-0.05, 0) is 52.4 Å². The van der Waals surface area contributed by atoms with E-state index in [0.717, 1.165) is 28.6 Å². The molecule has 0 aromatic heterocycles. The maximum absolute atomic E-state index is 10.1. The van der Waals surface area contributed by atoms with Crippen molar-refractivity contribution in [2.45, 2.75) is 25.4 Å². The first kappa shape index (κ1) is 11.0. The molecule has 82 valence electrons. The van der Waals surface area contributed by atoms with E-state index in [2.05, 4.69) is 15.9 Å². The van der Waals surface area contributed by atoms with Crippen molar-refractivity contribution in [2.75, 3.05) is 7.11 Å². The molecular formula is C12H15BrO2. The van der Waals surface area contributed by atoms with Crippen molar-refractivity contribution in [3.8, 4) is 5.75 Å². The van der Waals surface area contributed by atoms with Crippen LogP contribution in [-0.4, -0.2) is 12.2 Å². The van der Waals surface area contributed by atoms with Gasteiger partial charge in [-0.2, -0.15) is 0 Å². The number of aliphatic hydroxyl groups is 1. The minimum atomic E-state index is -0.319. The Hall–Kier alpha value is -0.540. The Morgan fingerprint density at radius 1 is 1.47 bits per heavy atom. The summed E-state index contributed by atoms with van der Waals surface area (Å²) in [6.07, 6.45) is 3.22. The lowest BCUT2D eigenvalue weighted by Gasteiger charge is -2.30. The Morgan fingerprint density at radius 2 is 2.20 bits per heavy atom. The molecule has 1 aliphatic carbocycles. The van der Waals surface area contributed by atoms with Crippen LogP contribution in [0.25, 0.3) is 0 Å². The second-order valence-electron chi connectivity index (χ2n) is 4.03. The molecule has 2 rings (SSSR count). The summed E-state index contributed by atoms with van der Waals surface area (Å²) in [5, 5.41) is 10.1. The largest absolute Gasteiger partial charge is 0.496 e. The molecule has 0 spiro atoms. The molecule has 2 nitrogen and oxygen atoms in total. The summed E-state index contributed by atoms with van der Waals surface area (Å²) in [4.78, 5) is 0. The summed E-state index contributed by atoms with van der Waals surface area (Å²) in [7, 11) is 1.64. The number of aliphatic hydroxyl groups excluding tert-OH is 1. The lowest BCUT2D eigenvalue weighted by molar-refractivity contribution is 0.0620. The fraction of sp³-hybridized carbons (Fsp3) is 0.500. The zero-order chi connectivity index (χ0) is 10.8. The van der Waals surface area contributed by atoms with Gasteiger partial charge in [-0.25, -0.2) is 0 Å². The highest BCUT2D eigenvalue weighted by Crippen LogP contribution is 2.39. The van der Waals surface area contributed by atoms with Gasteiger partial charge in [0.15, 0.2) is 0 Å². The number of methoxy groups -OCH3 is 1. The number of ether oxygens (including phenoxy) is 1. The first-order chi connectivity index (χ1) is 7.22. The Labute approximate surface area is 98.4 Å². The smallest absolute Gasteiger partial charge is 0.133 e. The first-order valence-electron chi connectivity index (χ1n) is 5.24. The third-order valence-electron chi connectivity index (χ3n) is 3.11. The third kappa shape index (κ3) is 2.18. The zero-order valence-electron chi connectivity index (χ0n) is 8.74. The molecule has 15 heavy (non-hydrogen) atoms. The zero-order valence-corrected chi connectivity index (χ0v) is 10.3. The Morgan fingerprint density at radius 3 is 2.67 bits per heavy atom. The van der Waals surface area contributed by atoms with E-state index in [0.29, 0.717) is 5.92 Å². The quantitative estimate of drug-likeness (QED) is 0.914. The van der Waals surface area contributed by atoms with Crippen molar-refractivity contribution < 1.29 is 9.84 Å². The van der Waals surface area contributed by atoms with E-state index in [9.17, 15) is 5.11 Å². The number of benzene rings is 1. The molecular weight excluding hydrogens is 256 g/mol. The fourth-order valence-corrected chi connectivity index (χ4v) is 2.45. The van der Waals surface area contributed by atoms with E-state index >= 15 is 0 Å². The van der Waals surface area contributed by atoms with E-state index in [1.54, 1.807) is 7.11 Å². The van der Waals surface area contributed by atoms with Gasteiger partial charge in [0.2, 0.25) is 0 Å². The fourth-order valence-electron chi connectivity index (χ4n) is 1.89. The van der Waals surface area contributed by atoms with Gasteiger partial charge < -0.3 is 9.84 Å². The first-order valence-corrected chi connectivity index (χ1v) is 6.03. The van der Waals surface area contributed by atoms with Gasteiger partial charge in [-0.1, -0.05) is 12.5 Å². The topological polar surface area (TPSA) is 29.5 Å². The van der Waals surface area contributed by atoms with Crippen molar-refractivity contribution >= 4 is 15.9 Å². The van der Waals surface area contributed by atoms with Gasteiger partial charge in [-0.3, -0.25) is 0 Å². The van der Waals surface area contributed by atoms with Crippen LogP contribution >= 0.6 is 15.9 Å². The monoisotopic (exact) mass is 270 g/mol. The molecule has 1 unspecified atom stereocenters. The molecule has 1 N–H and O–H groups in total. The molecule has 0 heterocycles. The van der Waals surface area contributed by atoms with E-state index in [1.165, 1.54) is 6.42 Å². The SMILES string of the molecule is COc1ccc(C(O)C2CCC2)cc1Br. The normalized spacial score (nSPS) is 18.3. The van der Waals surface area contributed by atoms with Gasteiger partial charge in [0, 0.05) is 0 Å². The Bertz CT molecular complexity index is 347. The molecule has 0 aliphatic heterocycles. The van der Waals surface area contributed by atoms with Gasteiger partial charge in [0.05, 0.1) is 17.7 Å². The van der Waals surface area contributed by atoms with Crippen LogP contribution in [0.3, 0.4) is 0 Å². The second-order valence-corrected chi connectivity index (χ2v) is 4.88. The number of hydrogen-bond acceptors (Lipinski definition) is 2. The van der Waals surface area contributed by atoms with E-state index in [4.69, 9.17) is 4.74 Å². The molecule has 0 saturated heterocycles. The number of hydrogen-bond donors (Lipinski definition) is 1. The van der Waals surface area contributed by atoms with Crippen molar-refractivity contribution in [3.05, 3.63) is 28.2 Å². The summed E-state index contributed by atoms with van der Waals surface area (Å²) in [6, 6.07) is 5.77. The predicted molar refractivity (Wildman–Crippen MR) is 63.0 cm³/mol. The van der Waals surface area contributed by atoms with Crippen molar-refractivity contribution in [1.29, 1.82) is 0 Å². The lowest BCUT2D eigenvalue weighted by Crippen LogP contribution is -2.19. The number of rotatable bonds is 3. The van der Waals surface area contributed by atoms with Crippen LogP contribution in [0.15, 0.2) is 22.7 Å². The van der Waals surface area contributed by atoms with Crippen LogP contribution < -0.4 is 4.74 Å². The molecule has 1 aromatic rings. The van der Waals surface area contributed by atoms with Crippen LogP contribution in [0, 0.1) is 5.92 Å². The van der Waals surface area contributed by atoms with Crippen LogP contribution in [0.5, 0.6) is 5.75 Å². The summed E-state index contributed by atoms with van der Waals surface area (Å²) in [5.74, 6) is 1.25. The average Bonchev–Trinajstić information content (AvgIpc) is 2.15. The van der Waals surface area contributed by atoms with Crippen LogP contribution in [0.2, 0.25) is 0 Å². The van der Waals surface area contributed by atoms with Gasteiger partial charge >= 0.3 is 0 Å². The summed E-state index contributed by atoms with van der Waals surface area (Å²) < 4.78 is 6.06. The van der Waals surface area contributed by atoms with Crippen LogP contribution in [-0.2, 0) is 0 Å². The summed E-state index contributed by atoms with van der Waals surface area (Å²) in [6.45, 7) is 0. The van der Waals surface area contributed by atoms with Crippen molar-refractivity contribution in [3.63, 3.8) is 0 Å². The van der Waals surface area contributed by atoms with Gasteiger partial charge in [0.1, 0.15) is 5.75 Å². The molecule has 0 bridgehead atoms. The minimum absolute atomic E-state index is 0.319. The molecule has 1 saturated carbocycles. The molecule has 1 aromatic carbocycles. The van der Waals surface area contributed by atoms with Crippen LogP contribution in [0.1, 0.15) is 30.9 Å². The molecule has 0 amide bonds. The second kappa shape index (κ2) is 4.54. The van der Waals surface area contributed by atoms with Crippen LogP contribution in [0.4, 0.5) is 0 Å². The van der Waals surface area contributed by atoms with E-state index in [1.807, 2.05) is 18.2 Å². The number of halogens is 1. The van der Waals surface area contributed by atoms with Crippen molar-refractivity contribution in [2.24, 2.45) is 5.92 Å². The summed E-state index contributed by atoms with van der Waals surface area (Å²) >= 11 is 3.43. The van der Waals surface area contributed by atoms with Gasteiger partial charge in [0.25, 0.3) is 0 Å².